The lowest BCUT2D eigenvalue weighted by Crippen LogP contribution is -2.30. The zero-order valence-electron chi connectivity index (χ0n) is 16.6. The number of hydrogen-bond donors (Lipinski definition) is 1. The van der Waals surface area contributed by atoms with E-state index in [4.69, 9.17) is 27.9 Å². The number of ether oxygens (including phenoxy) is 1. The minimum Gasteiger partial charge on any atom is -0.489 e. The van der Waals surface area contributed by atoms with Gasteiger partial charge in [0.05, 0.1) is 6.54 Å². The molecule has 0 spiro atoms. The lowest BCUT2D eigenvalue weighted by molar-refractivity contribution is -0.123. The minimum atomic E-state index is -0.523. The Morgan fingerprint density at radius 3 is 2.38 bits per heavy atom. The Kier molecular flexibility index (Phi) is 6.44. The van der Waals surface area contributed by atoms with Crippen LogP contribution in [0.4, 0.5) is 9.18 Å². The number of urea groups is 1. The van der Waals surface area contributed by atoms with E-state index < -0.39 is 11.9 Å². The number of imide groups is 1. The average Bonchev–Trinajstić information content (AvgIpc) is 3.03. The molecule has 1 heterocycles. The van der Waals surface area contributed by atoms with Crippen LogP contribution in [0.15, 0.2) is 72.4 Å². The van der Waals surface area contributed by atoms with Crippen LogP contribution in [0.1, 0.15) is 16.7 Å². The quantitative estimate of drug-likeness (QED) is 0.365. The van der Waals surface area contributed by atoms with E-state index in [9.17, 15) is 14.0 Å². The summed E-state index contributed by atoms with van der Waals surface area (Å²) in [5, 5.41) is 3.66. The van der Waals surface area contributed by atoms with Crippen molar-refractivity contribution in [3.05, 3.63) is 105 Å². The summed E-state index contributed by atoms with van der Waals surface area (Å²) in [5.74, 6) is -0.204. The molecule has 3 aromatic rings. The van der Waals surface area contributed by atoms with Crippen molar-refractivity contribution in [2.45, 2.75) is 13.2 Å². The molecular formula is C24H17Cl2FN2O3. The number of carbonyl (C=O) groups is 2. The highest BCUT2D eigenvalue weighted by atomic mass is 35.5. The molecule has 0 unspecified atom stereocenters. The molecule has 0 aliphatic carbocycles. The average molecular weight is 471 g/mol. The van der Waals surface area contributed by atoms with E-state index in [0.717, 1.165) is 10.5 Å². The van der Waals surface area contributed by atoms with Gasteiger partial charge in [0.2, 0.25) is 0 Å². The third-order valence-electron chi connectivity index (χ3n) is 4.82. The van der Waals surface area contributed by atoms with Crippen LogP contribution in [0.3, 0.4) is 0 Å². The first-order valence-electron chi connectivity index (χ1n) is 9.65. The van der Waals surface area contributed by atoms with Crippen LogP contribution in [0.5, 0.6) is 5.75 Å². The molecule has 1 N–H and O–H groups in total. The van der Waals surface area contributed by atoms with Gasteiger partial charge in [0.25, 0.3) is 5.91 Å². The smallest absolute Gasteiger partial charge is 0.329 e. The van der Waals surface area contributed by atoms with Crippen molar-refractivity contribution in [3.63, 3.8) is 0 Å². The fourth-order valence-electron chi connectivity index (χ4n) is 3.11. The fraction of sp³-hybridized carbons (Fsp3) is 0.0833. The molecule has 1 aliphatic rings. The number of nitrogens with one attached hydrogen (secondary N) is 1. The van der Waals surface area contributed by atoms with Gasteiger partial charge in [0.1, 0.15) is 23.9 Å². The van der Waals surface area contributed by atoms with E-state index in [2.05, 4.69) is 5.32 Å². The lowest BCUT2D eigenvalue weighted by atomic mass is 10.1. The van der Waals surface area contributed by atoms with E-state index in [0.29, 0.717) is 26.9 Å². The molecule has 162 valence electrons. The Bertz CT molecular complexity index is 1190. The van der Waals surface area contributed by atoms with Gasteiger partial charge in [-0.3, -0.25) is 9.69 Å². The Balaban J connectivity index is 1.40. The first-order chi connectivity index (χ1) is 15.4. The van der Waals surface area contributed by atoms with Crippen LogP contribution in [-0.2, 0) is 17.9 Å². The molecule has 0 saturated carbocycles. The molecule has 8 heteroatoms. The predicted octanol–water partition coefficient (Wildman–Crippen LogP) is 5.80. The van der Waals surface area contributed by atoms with Crippen LogP contribution < -0.4 is 10.1 Å². The molecule has 3 aromatic carbocycles. The van der Waals surface area contributed by atoms with Gasteiger partial charge in [0.15, 0.2) is 0 Å². The first-order valence-corrected chi connectivity index (χ1v) is 10.4. The normalized spacial score (nSPS) is 14.7. The van der Waals surface area contributed by atoms with Gasteiger partial charge in [-0.25, -0.2) is 9.18 Å². The van der Waals surface area contributed by atoms with Crippen molar-refractivity contribution in [2.75, 3.05) is 0 Å². The summed E-state index contributed by atoms with van der Waals surface area (Å²) in [7, 11) is 0. The maximum atomic E-state index is 13.1. The topological polar surface area (TPSA) is 58.6 Å². The lowest BCUT2D eigenvalue weighted by Gasteiger charge is -2.11. The summed E-state index contributed by atoms with van der Waals surface area (Å²) < 4.78 is 18.8. The summed E-state index contributed by atoms with van der Waals surface area (Å²) >= 11 is 12.1. The molecule has 0 radical (unpaired) electrons. The Hall–Kier alpha value is -3.35. The fourth-order valence-corrected chi connectivity index (χ4v) is 3.58. The van der Waals surface area contributed by atoms with Gasteiger partial charge in [0, 0.05) is 15.6 Å². The molecule has 1 fully saturated rings. The Morgan fingerprint density at radius 2 is 1.69 bits per heavy atom. The second-order valence-corrected chi connectivity index (χ2v) is 7.94. The summed E-state index contributed by atoms with van der Waals surface area (Å²) in [6, 6.07) is 17.4. The number of amides is 3. The van der Waals surface area contributed by atoms with Gasteiger partial charge >= 0.3 is 6.03 Å². The monoisotopic (exact) mass is 470 g/mol. The van der Waals surface area contributed by atoms with E-state index in [1.54, 1.807) is 48.5 Å². The number of nitrogens with zero attached hydrogens (tertiary/aromatic N) is 1. The Labute approximate surface area is 194 Å². The van der Waals surface area contributed by atoms with Crippen LogP contribution in [0, 0.1) is 5.82 Å². The van der Waals surface area contributed by atoms with Gasteiger partial charge < -0.3 is 10.1 Å². The largest absolute Gasteiger partial charge is 0.489 e. The summed E-state index contributed by atoms with van der Waals surface area (Å²) in [4.78, 5) is 25.9. The SMILES string of the molecule is O=C1N/C(=C/c2ccc(OCc3ccc(Cl)cc3Cl)cc2)C(=O)N1Cc1ccc(F)cc1. The molecule has 1 saturated heterocycles. The van der Waals surface area contributed by atoms with Crippen molar-refractivity contribution in [1.82, 2.24) is 10.2 Å². The highest BCUT2D eigenvalue weighted by Crippen LogP contribution is 2.23. The summed E-state index contributed by atoms with van der Waals surface area (Å²) in [6.45, 7) is 0.339. The van der Waals surface area contributed by atoms with Gasteiger partial charge in [-0.05, 0) is 53.6 Å². The summed E-state index contributed by atoms with van der Waals surface area (Å²) in [5.41, 5.74) is 2.34. The maximum absolute atomic E-state index is 13.1. The van der Waals surface area contributed by atoms with Crippen molar-refractivity contribution in [3.8, 4) is 5.75 Å². The van der Waals surface area contributed by atoms with E-state index in [1.807, 2.05) is 0 Å². The third kappa shape index (κ3) is 5.10. The molecule has 4 rings (SSSR count). The highest BCUT2D eigenvalue weighted by Gasteiger charge is 2.33. The van der Waals surface area contributed by atoms with Crippen molar-refractivity contribution in [2.24, 2.45) is 0 Å². The number of hydrogen-bond acceptors (Lipinski definition) is 3. The first kappa shape index (κ1) is 21.9. The van der Waals surface area contributed by atoms with Crippen molar-refractivity contribution < 1.29 is 18.7 Å². The molecule has 0 aromatic heterocycles. The van der Waals surface area contributed by atoms with Gasteiger partial charge in [-0.15, -0.1) is 0 Å². The van der Waals surface area contributed by atoms with Crippen molar-refractivity contribution >= 4 is 41.2 Å². The van der Waals surface area contributed by atoms with E-state index in [-0.39, 0.29) is 24.7 Å². The Morgan fingerprint density at radius 1 is 0.969 bits per heavy atom. The van der Waals surface area contributed by atoms with Gasteiger partial charge in [-0.1, -0.05) is 53.5 Å². The molecule has 1 aliphatic heterocycles. The molecule has 5 nitrogen and oxygen atoms in total. The third-order valence-corrected chi connectivity index (χ3v) is 5.40. The maximum Gasteiger partial charge on any atom is 0.329 e. The second kappa shape index (κ2) is 9.42. The number of rotatable bonds is 6. The predicted molar refractivity (Wildman–Crippen MR) is 121 cm³/mol. The number of carbonyl (C=O) groups excluding carboxylic acids is 2. The summed E-state index contributed by atoms with van der Waals surface area (Å²) in [6.07, 6.45) is 1.59. The molecule has 32 heavy (non-hydrogen) atoms. The second-order valence-electron chi connectivity index (χ2n) is 7.10. The van der Waals surface area contributed by atoms with Crippen molar-refractivity contribution in [1.29, 1.82) is 0 Å². The number of halogens is 3. The van der Waals surface area contributed by atoms with E-state index in [1.165, 1.54) is 24.3 Å². The molecule has 0 atom stereocenters. The molecule has 0 bridgehead atoms. The van der Waals surface area contributed by atoms with Crippen LogP contribution >= 0.6 is 23.2 Å². The molecule has 3 amide bonds. The van der Waals surface area contributed by atoms with Crippen LogP contribution in [0.2, 0.25) is 10.0 Å². The van der Waals surface area contributed by atoms with E-state index >= 15 is 0 Å². The number of benzene rings is 3. The zero-order chi connectivity index (χ0) is 22.7. The zero-order valence-corrected chi connectivity index (χ0v) is 18.2. The van der Waals surface area contributed by atoms with Crippen LogP contribution in [-0.4, -0.2) is 16.8 Å². The standard InChI is InChI=1S/C24H17Cl2FN2O3/c25-18-6-5-17(21(26)12-18)14-32-20-9-3-15(4-10-20)11-22-23(30)29(24(31)28-22)13-16-1-7-19(27)8-2-16/h1-12H,13-14H2,(H,28,31)/b22-11+. The highest BCUT2D eigenvalue weighted by molar-refractivity contribution is 6.35. The van der Waals surface area contributed by atoms with Gasteiger partial charge in [-0.2, -0.15) is 0 Å². The molecular weight excluding hydrogens is 454 g/mol. The minimum absolute atomic E-state index is 0.0579. The van der Waals surface area contributed by atoms with Crippen LogP contribution in [0.25, 0.3) is 6.08 Å².